The fourth-order valence-electron chi connectivity index (χ4n) is 3.30. The van der Waals surface area contributed by atoms with Crippen molar-refractivity contribution in [2.75, 3.05) is 29.9 Å². The first-order valence-electron chi connectivity index (χ1n) is 8.27. The molecule has 0 saturated carbocycles. The highest BCUT2D eigenvalue weighted by Gasteiger charge is 2.34. The lowest BCUT2D eigenvalue weighted by molar-refractivity contribution is -0.137. The summed E-state index contributed by atoms with van der Waals surface area (Å²) in [7, 11) is 1.76. The molecule has 0 spiro atoms. The molecule has 2 aromatic rings. The van der Waals surface area contributed by atoms with Gasteiger partial charge < -0.3 is 9.80 Å². The number of hydrogen-bond donors (Lipinski definition) is 0. The number of hydrogen-bond acceptors (Lipinski definition) is 5. The molecule has 0 bridgehead atoms. The molecule has 1 aromatic carbocycles. The van der Waals surface area contributed by atoms with Crippen molar-refractivity contribution in [3.8, 4) is 6.07 Å². The summed E-state index contributed by atoms with van der Waals surface area (Å²) in [6.07, 6.45) is -1.02. The second kappa shape index (κ2) is 7.20. The fourth-order valence-corrected chi connectivity index (χ4v) is 3.30. The van der Waals surface area contributed by atoms with Crippen LogP contribution in [0.4, 0.5) is 24.7 Å². The van der Waals surface area contributed by atoms with Crippen LogP contribution in [0.1, 0.15) is 24.0 Å². The molecular formula is C18H18F3N5. The van der Waals surface area contributed by atoms with E-state index in [-0.39, 0.29) is 11.6 Å². The van der Waals surface area contributed by atoms with Gasteiger partial charge in [0, 0.05) is 38.1 Å². The second-order valence-corrected chi connectivity index (χ2v) is 6.29. The molecule has 0 radical (unpaired) electrons. The van der Waals surface area contributed by atoms with E-state index in [2.05, 4.69) is 15.1 Å². The maximum atomic E-state index is 13.2. The third-order valence-electron chi connectivity index (χ3n) is 4.58. The first kappa shape index (κ1) is 18.0. The van der Waals surface area contributed by atoms with E-state index < -0.39 is 11.7 Å². The minimum absolute atomic E-state index is 0.140. The Kier molecular flexibility index (Phi) is 4.98. The van der Waals surface area contributed by atoms with Crippen LogP contribution in [0.25, 0.3) is 0 Å². The van der Waals surface area contributed by atoms with E-state index >= 15 is 0 Å². The third-order valence-corrected chi connectivity index (χ3v) is 4.58. The standard InChI is InChI=1S/C18H18F3N5/c1-25(14-7-6-13(11-22)16(10-14)18(19,20)21)12-15-4-3-9-26(15)17-5-2-8-23-24-17/h2,5-8,10,15H,3-4,9,12H2,1H3. The zero-order valence-electron chi connectivity index (χ0n) is 14.2. The summed E-state index contributed by atoms with van der Waals surface area (Å²) in [5.74, 6) is 0.777. The van der Waals surface area contributed by atoms with E-state index in [9.17, 15) is 13.2 Å². The summed E-state index contributed by atoms with van der Waals surface area (Å²) in [6, 6.07) is 9.27. The molecule has 0 amide bonds. The molecule has 1 unspecified atom stereocenters. The number of nitrogens with zero attached hydrogens (tertiary/aromatic N) is 5. The number of anilines is 2. The van der Waals surface area contributed by atoms with Crippen LogP contribution < -0.4 is 9.80 Å². The van der Waals surface area contributed by atoms with Gasteiger partial charge in [-0.1, -0.05) is 0 Å². The minimum Gasteiger partial charge on any atom is -0.373 e. The van der Waals surface area contributed by atoms with Gasteiger partial charge in [0.2, 0.25) is 0 Å². The van der Waals surface area contributed by atoms with Gasteiger partial charge in [-0.15, -0.1) is 5.10 Å². The van der Waals surface area contributed by atoms with E-state index in [1.165, 1.54) is 6.07 Å². The zero-order valence-corrected chi connectivity index (χ0v) is 14.2. The Hall–Kier alpha value is -2.82. The lowest BCUT2D eigenvalue weighted by Crippen LogP contribution is -2.39. The van der Waals surface area contributed by atoms with Crippen molar-refractivity contribution in [3.05, 3.63) is 47.7 Å². The van der Waals surface area contributed by atoms with E-state index in [4.69, 9.17) is 5.26 Å². The molecule has 5 nitrogen and oxygen atoms in total. The first-order valence-corrected chi connectivity index (χ1v) is 8.27. The summed E-state index contributed by atoms with van der Waals surface area (Å²) in [5.41, 5.74) is -0.833. The van der Waals surface area contributed by atoms with Crippen LogP contribution in [-0.2, 0) is 6.18 Å². The molecule has 26 heavy (non-hydrogen) atoms. The van der Waals surface area contributed by atoms with Crippen molar-refractivity contribution in [1.82, 2.24) is 10.2 Å². The maximum absolute atomic E-state index is 13.2. The number of halogens is 3. The normalized spacial score (nSPS) is 17.2. The molecule has 1 atom stereocenters. The number of alkyl halides is 3. The quantitative estimate of drug-likeness (QED) is 0.835. The smallest absolute Gasteiger partial charge is 0.373 e. The average molecular weight is 361 g/mol. The largest absolute Gasteiger partial charge is 0.417 e. The van der Waals surface area contributed by atoms with Crippen LogP contribution in [0.3, 0.4) is 0 Å². The van der Waals surface area contributed by atoms with Gasteiger partial charge in [-0.25, -0.2) is 0 Å². The Morgan fingerprint density at radius 2 is 2.15 bits per heavy atom. The second-order valence-electron chi connectivity index (χ2n) is 6.29. The van der Waals surface area contributed by atoms with Gasteiger partial charge in [0.15, 0.2) is 5.82 Å². The van der Waals surface area contributed by atoms with Crippen LogP contribution in [0, 0.1) is 11.3 Å². The molecule has 3 rings (SSSR count). The number of likely N-dealkylation sites (N-methyl/N-ethyl adjacent to an activating group) is 1. The number of aromatic nitrogens is 2. The van der Waals surface area contributed by atoms with Crippen LogP contribution in [0.5, 0.6) is 0 Å². The molecule has 0 N–H and O–H groups in total. The van der Waals surface area contributed by atoms with E-state index in [0.29, 0.717) is 12.2 Å². The molecule has 1 aliphatic rings. The molecule has 8 heteroatoms. The summed E-state index contributed by atoms with van der Waals surface area (Å²) in [5, 5.41) is 16.9. The van der Waals surface area contributed by atoms with Gasteiger partial charge >= 0.3 is 6.18 Å². The highest BCUT2D eigenvalue weighted by Crippen LogP contribution is 2.34. The van der Waals surface area contributed by atoms with E-state index in [0.717, 1.165) is 31.3 Å². The topological polar surface area (TPSA) is 56.1 Å². The lowest BCUT2D eigenvalue weighted by Gasteiger charge is -2.30. The van der Waals surface area contributed by atoms with Gasteiger partial charge in [0.05, 0.1) is 17.2 Å². The van der Waals surface area contributed by atoms with E-state index in [1.807, 2.05) is 12.1 Å². The molecule has 1 fully saturated rings. The monoisotopic (exact) mass is 361 g/mol. The Morgan fingerprint density at radius 1 is 1.35 bits per heavy atom. The highest BCUT2D eigenvalue weighted by molar-refractivity contribution is 5.55. The molecule has 2 heterocycles. The first-order chi connectivity index (χ1) is 12.4. The van der Waals surface area contributed by atoms with Crippen molar-refractivity contribution in [1.29, 1.82) is 5.26 Å². The van der Waals surface area contributed by atoms with E-state index in [1.54, 1.807) is 30.3 Å². The lowest BCUT2D eigenvalue weighted by atomic mass is 10.1. The summed E-state index contributed by atoms with van der Waals surface area (Å²) < 4.78 is 39.5. The number of rotatable bonds is 4. The highest BCUT2D eigenvalue weighted by atomic mass is 19.4. The van der Waals surface area contributed by atoms with Crippen molar-refractivity contribution >= 4 is 11.5 Å². The molecular weight excluding hydrogens is 343 g/mol. The molecule has 1 aliphatic heterocycles. The van der Waals surface area contributed by atoms with Gasteiger partial charge in [-0.05, 0) is 43.2 Å². The molecule has 136 valence electrons. The van der Waals surface area contributed by atoms with Crippen LogP contribution >= 0.6 is 0 Å². The third kappa shape index (κ3) is 3.72. The maximum Gasteiger partial charge on any atom is 0.417 e. The summed E-state index contributed by atoms with van der Waals surface area (Å²) >= 11 is 0. The van der Waals surface area contributed by atoms with Crippen molar-refractivity contribution in [3.63, 3.8) is 0 Å². The predicted molar refractivity (Wildman–Crippen MR) is 91.8 cm³/mol. The zero-order chi connectivity index (χ0) is 18.7. The van der Waals surface area contributed by atoms with Gasteiger partial charge in [-0.3, -0.25) is 0 Å². The Labute approximate surface area is 149 Å². The fraction of sp³-hybridized carbons (Fsp3) is 0.389. The Balaban J connectivity index is 1.80. The van der Waals surface area contributed by atoms with Crippen molar-refractivity contribution < 1.29 is 13.2 Å². The van der Waals surface area contributed by atoms with Gasteiger partial charge in [0.1, 0.15) is 0 Å². The number of nitriles is 1. The van der Waals surface area contributed by atoms with Crippen molar-refractivity contribution in [2.24, 2.45) is 0 Å². The molecule has 1 saturated heterocycles. The average Bonchev–Trinajstić information content (AvgIpc) is 3.09. The summed E-state index contributed by atoms with van der Waals surface area (Å²) in [6.45, 7) is 1.40. The van der Waals surface area contributed by atoms with Crippen LogP contribution in [-0.4, -0.2) is 36.4 Å². The SMILES string of the molecule is CN(CC1CCCN1c1cccnn1)c1ccc(C#N)c(C(F)(F)F)c1. The van der Waals surface area contributed by atoms with Gasteiger partial charge in [0.25, 0.3) is 0 Å². The number of benzene rings is 1. The Morgan fingerprint density at radius 3 is 2.81 bits per heavy atom. The summed E-state index contributed by atoms with van der Waals surface area (Å²) in [4.78, 5) is 3.92. The molecule has 0 aliphatic carbocycles. The van der Waals surface area contributed by atoms with Crippen LogP contribution in [0.2, 0.25) is 0 Å². The Bertz CT molecular complexity index is 801. The van der Waals surface area contributed by atoms with Crippen LogP contribution in [0.15, 0.2) is 36.5 Å². The predicted octanol–water partition coefficient (Wildman–Crippen LogP) is 3.47. The minimum atomic E-state index is -4.55. The molecule has 1 aromatic heterocycles. The van der Waals surface area contributed by atoms with Gasteiger partial charge in [-0.2, -0.15) is 23.5 Å². The van der Waals surface area contributed by atoms with Crippen molar-refractivity contribution in [2.45, 2.75) is 25.1 Å².